The molecule has 0 atom stereocenters. The molecule has 0 aliphatic carbocycles. The highest BCUT2D eigenvalue weighted by Crippen LogP contribution is 2.18. The summed E-state index contributed by atoms with van der Waals surface area (Å²) in [5.41, 5.74) is 0. The summed E-state index contributed by atoms with van der Waals surface area (Å²) in [5.74, 6) is 0. The first-order chi connectivity index (χ1) is 8.30. The van der Waals surface area contributed by atoms with E-state index in [0.717, 1.165) is 37.7 Å². The fraction of sp³-hybridized carbons (Fsp3) is 0.769. The molecule has 1 aromatic heterocycles. The van der Waals surface area contributed by atoms with Crippen molar-refractivity contribution in [2.75, 3.05) is 31.5 Å². The van der Waals surface area contributed by atoms with Crippen LogP contribution >= 0.6 is 36.2 Å². The second-order valence-corrected chi connectivity index (χ2v) is 5.30. The summed E-state index contributed by atoms with van der Waals surface area (Å²) in [7, 11) is 0. The highest BCUT2D eigenvalue weighted by atomic mass is 35.5. The Kier molecular flexibility index (Phi) is 14.5. The van der Waals surface area contributed by atoms with Crippen molar-refractivity contribution in [3.05, 3.63) is 11.1 Å². The molecule has 1 rings (SSSR count). The van der Waals surface area contributed by atoms with Gasteiger partial charge in [0.2, 0.25) is 0 Å². The average molecular weight is 328 g/mol. The van der Waals surface area contributed by atoms with Crippen molar-refractivity contribution >= 4 is 41.3 Å². The minimum atomic E-state index is 0. The van der Waals surface area contributed by atoms with E-state index >= 15 is 0 Å². The van der Waals surface area contributed by atoms with E-state index in [9.17, 15) is 0 Å². The number of thiazole rings is 1. The first-order valence-electron chi connectivity index (χ1n) is 6.71. The SMILES string of the molecule is CCCCNc1ncc(CCN(CC)CC)s1.Cl.Cl. The summed E-state index contributed by atoms with van der Waals surface area (Å²) < 4.78 is 0. The van der Waals surface area contributed by atoms with Gasteiger partial charge in [-0.1, -0.05) is 27.2 Å². The van der Waals surface area contributed by atoms with Crippen molar-refractivity contribution in [2.45, 2.75) is 40.0 Å². The maximum atomic E-state index is 4.41. The van der Waals surface area contributed by atoms with Gasteiger partial charge in [-0.2, -0.15) is 0 Å². The Hall–Kier alpha value is -0.0300. The topological polar surface area (TPSA) is 28.2 Å². The third-order valence-corrected chi connectivity index (χ3v) is 3.94. The first-order valence-corrected chi connectivity index (χ1v) is 7.52. The molecule has 0 amide bonds. The number of aromatic nitrogens is 1. The van der Waals surface area contributed by atoms with Crippen molar-refractivity contribution in [2.24, 2.45) is 0 Å². The molecule has 19 heavy (non-hydrogen) atoms. The number of likely N-dealkylation sites (N-methyl/N-ethyl adjacent to an activating group) is 1. The van der Waals surface area contributed by atoms with Crippen LogP contribution in [0.25, 0.3) is 0 Å². The van der Waals surface area contributed by atoms with Gasteiger partial charge in [0.25, 0.3) is 0 Å². The van der Waals surface area contributed by atoms with Crippen LogP contribution in [-0.4, -0.2) is 36.1 Å². The zero-order valence-corrected chi connectivity index (χ0v) is 14.6. The van der Waals surface area contributed by atoms with Crippen LogP contribution in [0.4, 0.5) is 5.13 Å². The zero-order valence-electron chi connectivity index (χ0n) is 12.1. The van der Waals surface area contributed by atoms with Crippen LogP contribution in [0, 0.1) is 0 Å². The van der Waals surface area contributed by atoms with E-state index in [1.54, 1.807) is 11.3 Å². The second-order valence-electron chi connectivity index (χ2n) is 4.19. The van der Waals surface area contributed by atoms with Gasteiger partial charge in [0.05, 0.1) is 0 Å². The van der Waals surface area contributed by atoms with E-state index in [-0.39, 0.29) is 24.8 Å². The first kappa shape index (κ1) is 21.3. The van der Waals surface area contributed by atoms with Crippen molar-refractivity contribution in [1.29, 1.82) is 0 Å². The smallest absolute Gasteiger partial charge is 0.182 e. The summed E-state index contributed by atoms with van der Waals surface area (Å²) in [5, 5.41) is 4.45. The van der Waals surface area contributed by atoms with Gasteiger partial charge in [0.15, 0.2) is 5.13 Å². The molecule has 6 heteroatoms. The lowest BCUT2D eigenvalue weighted by Gasteiger charge is -2.16. The molecule has 0 fully saturated rings. The number of hydrogen-bond donors (Lipinski definition) is 1. The lowest BCUT2D eigenvalue weighted by atomic mass is 10.3. The summed E-state index contributed by atoms with van der Waals surface area (Å²) >= 11 is 1.80. The molecule has 3 nitrogen and oxygen atoms in total. The van der Waals surface area contributed by atoms with Gasteiger partial charge in [-0.15, -0.1) is 36.2 Å². The molecule has 1 heterocycles. The molecule has 0 radical (unpaired) electrons. The fourth-order valence-electron chi connectivity index (χ4n) is 1.69. The summed E-state index contributed by atoms with van der Waals surface area (Å²) in [4.78, 5) is 8.24. The van der Waals surface area contributed by atoms with Crippen LogP contribution in [0.15, 0.2) is 6.20 Å². The molecule has 0 spiro atoms. The normalized spacial score (nSPS) is 9.89. The summed E-state index contributed by atoms with van der Waals surface area (Å²) in [6.45, 7) is 11.1. The van der Waals surface area contributed by atoms with Crippen molar-refractivity contribution in [3.63, 3.8) is 0 Å². The minimum Gasteiger partial charge on any atom is -0.362 e. The molecule has 0 aliphatic rings. The van der Waals surface area contributed by atoms with Crippen LogP contribution in [0.5, 0.6) is 0 Å². The maximum Gasteiger partial charge on any atom is 0.182 e. The van der Waals surface area contributed by atoms with Gasteiger partial charge in [-0.3, -0.25) is 0 Å². The fourth-order valence-corrected chi connectivity index (χ4v) is 2.51. The highest BCUT2D eigenvalue weighted by molar-refractivity contribution is 7.15. The Bertz CT molecular complexity index is 304. The maximum absolute atomic E-state index is 4.41. The van der Waals surface area contributed by atoms with Crippen molar-refractivity contribution < 1.29 is 0 Å². The van der Waals surface area contributed by atoms with Gasteiger partial charge < -0.3 is 10.2 Å². The van der Waals surface area contributed by atoms with E-state index in [2.05, 4.69) is 36.0 Å². The van der Waals surface area contributed by atoms with Crippen LogP contribution in [0.2, 0.25) is 0 Å². The molecule has 114 valence electrons. The lowest BCUT2D eigenvalue weighted by Crippen LogP contribution is -2.25. The predicted octanol–water partition coefficient (Wildman–Crippen LogP) is 4.08. The largest absolute Gasteiger partial charge is 0.362 e. The van der Waals surface area contributed by atoms with Crippen LogP contribution in [0.1, 0.15) is 38.5 Å². The van der Waals surface area contributed by atoms with E-state index in [1.807, 2.05) is 6.20 Å². The molecule has 0 aromatic carbocycles. The van der Waals surface area contributed by atoms with E-state index in [0.29, 0.717) is 0 Å². The Morgan fingerprint density at radius 2 is 1.89 bits per heavy atom. The number of anilines is 1. The minimum absolute atomic E-state index is 0. The van der Waals surface area contributed by atoms with Crippen LogP contribution in [0.3, 0.4) is 0 Å². The molecule has 0 saturated carbocycles. The highest BCUT2D eigenvalue weighted by Gasteiger charge is 2.04. The number of nitrogens with one attached hydrogen (secondary N) is 1. The van der Waals surface area contributed by atoms with Gasteiger partial charge in [-0.25, -0.2) is 4.98 Å². The van der Waals surface area contributed by atoms with Gasteiger partial charge in [-0.05, 0) is 25.9 Å². The molecule has 0 bridgehead atoms. The van der Waals surface area contributed by atoms with Gasteiger partial charge in [0, 0.05) is 24.2 Å². The Morgan fingerprint density at radius 1 is 1.21 bits per heavy atom. The molecule has 0 aliphatic heterocycles. The Balaban J connectivity index is 0. The summed E-state index contributed by atoms with van der Waals surface area (Å²) in [6, 6.07) is 0. The third kappa shape index (κ3) is 8.69. The van der Waals surface area contributed by atoms with Crippen molar-refractivity contribution in [1.82, 2.24) is 9.88 Å². The average Bonchev–Trinajstić information content (AvgIpc) is 2.79. The molecule has 1 N–H and O–H groups in total. The Labute approximate surface area is 134 Å². The second kappa shape index (κ2) is 13.0. The number of nitrogens with zero attached hydrogens (tertiary/aromatic N) is 2. The number of unbranched alkanes of at least 4 members (excludes halogenated alkanes) is 1. The quantitative estimate of drug-likeness (QED) is 0.692. The molecule has 1 aromatic rings. The van der Waals surface area contributed by atoms with Crippen LogP contribution < -0.4 is 5.32 Å². The van der Waals surface area contributed by atoms with Gasteiger partial charge >= 0.3 is 0 Å². The van der Waals surface area contributed by atoms with E-state index in [1.165, 1.54) is 17.7 Å². The van der Waals surface area contributed by atoms with Crippen molar-refractivity contribution in [3.8, 4) is 0 Å². The zero-order chi connectivity index (χ0) is 12.5. The van der Waals surface area contributed by atoms with E-state index in [4.69, 9.17) is 0 Å². The summed E-state index contributed by atoms with van der Waals surface area (Å²) in [6.07, 6.45) is 5.58. The molecular formula is C13H27Cl2N3S. The van der Waals surface area contributed by atoms with Crippen LogP contribution in [-0.2, 0) is 6.42 Å². The molecule has 0 unspecified atom stereocenters. The number of rotatable bonds is 9. The standard InChI is InChI=1S/C13H25N3S.2ClH/c1-4-7-9-14-13-15-11-12(17-13)8-10-16(5-2)6-3;;/h11H,4-10H2,1-3H3,(H,14,15);2*1H. The Morgan fingerprint density at radius 3 is 2.47 bits per heavy atom. The number of hydrogen-bond acceptors (Lipinski definition) is 4. The van der Waals surface area contributed by atoms with Gasteiger partial charge in [0.1, 0.15) is 0 Å². The molecular weight excluding hydrogens is 301 g/mol. The molecule has 0 saturated heterocycles. The third-order valence-electron chi connectivity index (χ3n) is 2.93. The predicted molar refractivity (Wildman–Crippen MR) is 91.5 cm³/mol. The van der Waals surface area contributed by atoms with E-state index < -0.39 is 0 Å². The lowest BCUT2D eigenvalue weighted by molar-refractivity contribution is 0.308. The number of halogens is 2. The monoisotopic (exact) mass is 327 g/mol.